The summed E-state index contributed by atoms with van der Waals surface area (Å²) in [6.45, 7) is 2.63. The number of nitrogens with zero attached hydrogens (tertiary/aromatic N) is 3. The number of hydrogen-bond donors (Lipinski definition) is 2. The van der Waals surface area contributed by atoms with Gasteiger partial charge in [0.1, 0.15) is 0 Å². The van der Waals surface area contributed by atoms with Gasteiger partial charge in [-0.15, -0.1) is 10.2 Å². The van der Waals surface area contributed by atoms with E-state index in [0.29, 0.717) is 27.9 Å². The maximum atomic E-state index is 12.0. The number of nitrogens with one attached hydrogen (secondary N) is 2. The molecule has 0 aliphatic rings. The molecule has 2 rings (SSSR count). The highest BCUT2D eigenvalue weighted by Gasteiger charge is 2.14. The smallest absolute Gasteiger partial charge is 0.286 e. The van der Waals surface area contributed by atoms with Gasteiger partial charge in [-0.05, 0) is 25.1 Å². The van der Waals surface area contributed by atoms with Gasteiger partial charge in [0.25, 0.3) is 5.91 Å². The molecule has 1 heterocycles. The van der Waals surface area contributed by atoms with Gasteiger partial charge in [0.05, 0.1) is 22.3 Å². The highest BCUT2D eigenvalue weighted by Crippen LogP contribution is 2.24. The third-order valence-electron chi connectivity index (χ3n) is 2.29. The molecule has 2 aromatic rings. The first-order chi connectivity index (χ1) is 9.63. The molecular formula is C12H10ClN5OS. The molecule has 0 fully saturated rings. The summed E-state index contributed by atoms with van der Waals surface area (Å²) in [5.41, 5.74) is 0.784. The zero-order valence-electron chi connectivity index (χ0n) is 10.5. The average molecular weight is 308 g/mol. The minimum atomic E-state index is -0.413. The maximum Gasteiger partial charge on any atom is 0.286 e. The van der Waals surface area contributed by atoms with Gasteiger partial charge in [-0.1, -0.05) is 22.9 Å². The minimum Gasteiger partial charge on any atom is -0.360 e. The number of carbonyl (C=O) groups excluding carboxylic acids is 1. The van der Waals surface area contributed by atoms with Gasteiger partial charge in [-0.2, -0.15) is 5.26 Å². The largest absolute Gasteiger partial charge is 0.360 e. The topological polar surface area (TPSA) is 90.7 Å². The molecule has 20 heavy (non-hydrogen) atoms. The number of benzene rings is 1. The SMILES string of the molecule is CCNc1nnc(C(=O)Nc2cc(C#N)ccc2Cl)s1. The van der Waals surface area contributed by atoms with Gasteiger partial charge < -0.3 is 10.6 Å². The first-order valence-electron chi connectivity index (χ1n) is 5.72. The van der Waals surface area contributed by atoms with Crippen LogP contribution in [0.25, 0.3) is 0 Å². The summed E-state index contributed by atoms with van der Waals surface area (Å²) in [7, 11) is 0. The van der Waals surface area contributed by atoms with Crippen LogP contribution in [0.5, 0.6) is 0 Å². The van der Waals surface area contributed by atoms with Crippen LogP contribution < -0.4 is 10.6 Å². The van der Waals surface area contributed by atoms with Gasteiger partial charge in [-0.3, -0.25) is 4.79 Å². The third-order valence-corrected chi connectivity index (χ3v) is 3.50. The van der Waals surface area contributed by atoms with Crippen molar-refractivity contribution in [2.75, 3.05) is 17.2 Å². The zero-order chi connectivity index (χ0) is 14.5. The molecule has 0 aliphatic heterocycles. The molecule has 2 N–H and O–H groups in total. The monoisotopic (exact) mass is 307 g/mol. The summed E-state index contributed by atoms with van der Waals surface area (Å²) >= 11 is 7.12. The fourth-order valence-corrected chi connectivity index (χ4v) is 2.28. The molecule has 0 bridgehead atoms. The predicted octanol–water partition coefficient (Wildman–Crippen LogP) is 2.75. The fraction of sp³-hybridized carbons (Fsp3) is 0.167. The second kappa shape index (κ2) is 6.32. The summed E-state index contributed by atoms with van der Waals surface area (Å²) < 4.78 is 0. The number of nitriles is 1. The lowest BCUT2D eigenvalue weighted by Gasteiger charge is -2.05. The van der Waals surface area contributed by atoms with E-state index >= 15 is 0 Å². The molecule has 1 aromatic carbocycles. The van der Waals surface area contributed by atoms with Gasteiger partial charge >= 0.3 is 0 Å². The van der Waals surface area contributed by atoms with Gasteiger partial charge in [0, 0.05) is 6.54 Å². The van der Waals surface area contributed by atoms with Crippen LogP contribution in [0.1, 0.15) is 22.3 Å². The van der Waals surface area contributed by atoms with Crippen LogP contribution in [0, 0.1) is 11.3 Å². The standard InChI is InChI=1S/C12H10ClN5OS/c1-2-15-12-18-17-11(20-12)10(19)16-9-5-7(6-14)3-4-8(9)13/h3-5H,2H2,1H3,(H,15,18)(H,16,19). The molecule has 0 aliphatic carbocycles. The lowest BCUT2D eigenvalue weighted by atomic mass is 10.2. The molecule has 102 valence electrons. The molecule has 0 atom stereocenters. The Morgan fingerprint density at radius 3 is 3.00 bits per heavy atom. The number of hydrogen-bond acceptors (Lipinski definition) is 6. The van der Waals surface area contributed by atoms with Crippen molar-refractivity contribution < 1.29 is 4.79 Å². The van der Waals surface area contributed by atoms with Crippen LogP contribution in [-0.2, 0) is 0 Å². The van der Waals surface area contributed by atoms with Crippen LogP contribution in [0.3, 0.4) is 0 Å². The highest BCUT2D eigenvalue weighted by atomic mass is 35.5. The van der Waals surface area contributed by atoms with E-state index in [1.807, 2.05) is 13.0 Å². The molecule has 1 amide bonds. The molecule has 6 nitrogen and oxygen atoms in total. The molecule has 0 saturated heterocycles. The summed E-state index contributed by atoms with van der Waals surface area (Å²) in [5.74, 6) is -0.413. The van der Waals surface area contributed by atoms with Crippen LogP contribution in [0.2, 0.25) is 5.02 Å². The molecular weight excluding hydrogens is 298 g/mol. The van der Waals surface area contributed by atoms with Crippen LogP contribution >= 0.6 is 22.9 Å². The summed E-state index contributed by atoms with van der Waals surface area (Å²) in [6, 6.07) is 6.62. The molecule has 0 spiro atoms. The van der Waals surface area contributed by atoms with Crippen molar-refractivity contribution >= 4 is 39.7 Å². The molecule has 1 aromatic heterocycles. The lowest BCUT2D eigenvalue weighted by molar-refractivity contribution is 0.102. The molecule has 0 unspecified atom stereocenters. The summed E-state index contributed by atoms with van der Waals surface area (Å²) in [6.07, 6.45) is 0. The van der Waals surface area contributed by atoms with E-state index in [9.17, 15) is 4.79 Å². The minimum absolute atomic E-state index is 0.222. The normalized spacial score (nSPS) is 9.85. The third kappa shape index (κ3) is 3.23. The van der Waals surface area contributed by atoms with Crippen molar-refractivity contribution in [3.05, 3.63) is 33.8 Å². The quantitative estimate of drug-likeness (QED) is 0.906. The Hall–Kier alpha value is -2.17. The van der Waals surface area contributed by atoms with Crippen molar-refractivity contribution in [3.8, 4) is 6.07 Å². The highest BCUT2D eigenvalue weighted by molar-refractivity contribution is 7.17. The maximum absolute atomic E-state index is 12.0. The zero-order valence-corrected chi connectivity index (χ0v) is 12.0. The number of carbonyl (C=O) groups is 1. The van der Waals surface area contributed by atoms with Gasteiger partial charge in [0.2, 0.25) is 10.1 Å². The van der Waals surface area contributed by atoms with Crippen molar-refractivity contribution in [1.82, 2.24) is 10.2 Å². The van der Waals surface area contributed by atoms with Crippen molar-refractivity contribution in [3.63, 3.8) is 0 Å². The number of aromatic nitrogens is 2. The Kier molecular flexibility index (Phi) is 4.50. The number of rotatable bonds is 4. The molecule has 8 heteroatoms. The second-order valence-corrected chi connectivity index (χ2v) is 5.09. The Morgan fingerprint density at radius 2 is 2.30 bits per heavy atom. The van der Waals surface area contributed by atoms with Crippen molar-refractivity contribution in [1.29, 1.82) is 5.26 Å². The van der Waals surface area contributed by atoms with E-state index in [2.05, 4.69) is 20.8 Å². The molecule has 0 saturated carbocycles. The second-order valence-electron chi connectivity index (χ2n) is 3.70. The van der Waals surface area contributed by atoms with E-state index in [1.54, 1.807) is 12.1 Å². The number of anilines is 2. The van der Waals surface area contributed by atoms with E-state index in [0.717, 1.165) is 11.3 Å². The Morgan fingerprint density at radius 1 is 1.50 bits per heavy atom. The Balaban J connectivity index is 2.16. The number of halogens is 1. The average Bonchev–Trinajstić information content (AvgIpc) is 2.90. The van der Waals surface area contributed by atoms with Crippen molar-refractivity contribution in [2.24, 2.45) is 0 Å². The Labute approximate surface area is 124 Å². The van der Waals surface area contributed by atoms with E-state index in [4.69, 9.17) is 16.9 Å². The van der Waals surface area contributed by atoms with Gasteiger partial charge in [0.15, 0.2) is 0 Å². The van der Waals surface area contributed by atoms with Gasteiger partial charge in [-0.25, -0.2) is 0 Å². The van der Waals surface area contributed by atoms with E-state index in [1.165, 1.54) is 6.07 Å². The van der Waals surface area contributed by atoms with E-state index in [-0.39, 0.29) is 5.01 Å². The number of amides is 1. The summed E-state index contributed by atoms with van der Waals surface area (Å²) in [5, 5.41) is 23.2. The summed E-state index contributed by atoms with van der Waals surface area (Å²) in [4.78, 5) is 12.0. The predicted molar refractivity (Wildman–Crippen MR) is 78.2 cm³/mol. The van der Waals surface area contributed by atoms with Crippen LogP contribution in [0.15, 0.2) is 18.2 Å². The Bertz CT molecular complexity index is 679. The van der Waals surface area contributed by atoms with Crippen LogP contribution in [-0.4, -0.2) is 22.6 Å². The van der Waals surface area contributed by atoms with E-state index < -0.39 is 5.91 Å². The fourth-order valence-electron chi connectivity index (χ4n) is 1.40. The molecule has 0 radical (unpaired) electrons. The van der Waals surface area contributed by atoms with Crippen LogP contribution in [0.4, 0.5) is 10.8 Å². The first kappa shape index (κ1) is 14.2. The first-order valence-corrected chi connectivity index (χ1v) is 6.92. The lowest BCUT2D eigenvalue weighted by Crippen LogP contribution is -2.12. The van der Waals surface area contributed by atoms with Crippen molar-refractivity contribution in [2.45, 2.75) is 6.92 Å².